The van der Waals surface area contributed by atoms with Gasteiger partial charge in [-0.1, -0.05) is 13.8 Å². The van der Waals surface area contributed by atoms with Crippen LogP contribution in [0.25, 0.3) is 11.3 Å². The van der Waals surface area contributed by atoms with E-state index in [4.69, 9.17) is 4.74 Å². The van der Waals surface area contributed by atoms with Crippen molar-refractivity contribution in [1.29, 1.82) is 0 Å². The number of nitrogens with one attached hydrogen (secondary N) is 2. The molecule has 152 valence electrons. The number of benzene rings is 1. The largest absolute Gasteiger partial charge is 0.494 e. The average molecular weight is 397 g/mol. The van der Waals surface area contributed by atoms with Gasteiger partial charge in [0.2, 0.25) is 5.95 Å². The molecule has 0 bridgehead atoms. The van der Waals surface area contributed by atoms with Crippen LogP contribution in [-0.4, -0.2) is 39.8 Å². The van der Waals surface area contributed by atoms with Gasteiger partial charge in [0.25, 0.3) is 0 Å². The molecular formula is C21H24FN5O2. The monoisotopic (exact) mass is 397 g/mol. The van der Waals surface area contributed by atoms with Crippen LogP contribution in [0.1, 0.15) is 13.8 Å². The first-order valence-electron chi connectivity index (χ1n) is 9.27. The molecule has 3 aromatic rings. The lowest BCUT2D eigenvalue weighted by Crippen LogP contribution is -2.30. The Morgan fingerprint density at radius 1 is 1.17 bits per heavy atom. The molecular weight excluding hydrogens is 373 g/mol. The summed E-state index contributed by atoms with van der Waals surface area (Å²) in [5.41, 5.74) is 1.98. The van der Waals surface area contributed by atoms with Crippen LogP contribution in [0.5, 0.6) is 5.75 Å². The molecule has 1 aromatic carbocycles. The van der Waals surface area contributed by atoms with Crippen LogP contribution in [0, 0.1) is 11.7 Å². The molecule has 1 atom stereocenters. The van der Waals surface area contributed by atoms with E-state index in [0.717, 1.165) is 5.56 Å². The van der Waals surface area contributed by atoms with Crippen LogP contribution >= 0.6 is 0 Å². The zero-order valence-electron chi connectivity index (χ0n) is 16.6. The van der Waals surface area contributed by atoms with Crippen molar-refractivity contribution in [3.8, 4) is 17.0 Å². The summed E-state index contributed by atoms with van der Waals surface area (Å²) < 4.78 is 19.0. The summed E-state index contributed by atoms with van der Waals surface area (Å²) >= 11 is 0. The van der Waals surface area contributed by atoms with Gasteiger partial charge in [0, 0.05) is 35.8 Å². The van der Waals surface area contributed by atoms with Crippen molar-refractivity contribution in [2.75, 3.05) is 24.4 Å². The van der Waals surface area contributed by atoms with Gasteiger partial charge in [-0.05, 0) is 30.2 Å². The van der Waals surface area contributed by atoms with Gasteiger partial charge in [0.05, 0.1) is 25.5 Å². The molecule has 3 rings (SSSR count). The second-order valence-electron chi connectivity index (χ2n) is 6.86. The first kappa shape index (κ1) is 20.5. The van der Waals surface area contributed by atoms with Crippen LogP contribution in [0.3, 0.4) is 0 Å². The number of ether oxygens (including phenoxy) is 1. The van der Waals surface area contributed by atoms with E-state index >= 15 is 0 Å². The smallest absolute Gasteiger partial charge is 0.225 e. The van der Waals surface area contributed by atoms with E-state index in [0.29, 0.717) is 23.1 Å². The number of aliphatic hydroxyl groups is 1. The van der Waals surface area contributed by atoms with E-state index in [1.165, 1.54) is 13.2 Å². The lowest BCUT2D eigenvalue weighted by atomic mass is 10.1. The maximum atomic E-state index is 14.0. The van der Waals surface area contributed by atoms with Gasteiger partial charge in [-0.2, -0.15) is 4.98 Å². The van der Waals surface area contributed by atoms with Crippen LogP contribution in [0.2, 0.25) is 0 Å². The van der Waals surface area contributed by atoms with Crippen LogP contribution in [-0.2, 0) is 0 Å². The summed E-state index contributed by atoms with van der Waals surface area (Å²) in [5, 5.41) is 15.9. The minimum atomic E-state index is -0.475. The zero-order valence-corrected chi connectivity index (χ0v) is 16.6. The van der Waals surface area contributed by atoms with Gasteiger partial charge < -0.3 is 20.5 Å². The Morgan fingerprint density at radius 3 is 2.62 bits per heavy atom. The molecule has 2 aromatic heterocycles. The van der Waals surface area contributed by atoms with Crippen molar-refractivity contribution in [1.82, 2.24) is 15.0 Å². The second kappa shape index (κ2) is 9.29. The van der Waals surface area contributed by atoms with E-state index in [1.54, 1.807) is 30.6 Å². The van der Waals surface area contributed by atoms with Gasteiger partial charge in [0.15, 0.2) is 11.6 Å². The lowest BCUT2D eigenvalue weighted by molar-refractivity contribution is 0.248. The number of rotatable bonds is 8. The van der Waals surface area contributed by atoms with E-state index in [9.17, 15) is 9.50 Å². The number of hydrogen-bond donors (Lipinski definition) is 3. The van der Waals surface area contributed by atoms with Gasteiger partial charge >= 0.3 is 0 Å². The Bertz CT molecular complexity index is 953. The normalized spacial score (nSPS) is 11.9. The summed E-state index contributed by atoms with van der Waals surface area (Å²) in [5.74, 6) is 0.705. The molecule has 0 amide bonds. The van der Waals surface area contributed by atoms with Crippen molar-refractivity contribution in [2.45, 2.75) is 19.9 Å². The summed E-state index contributed by atoms with van der Waals surface area (Å²) in [7, 11) is 1.42. The van der Waals surface area contributed by atoms with E-state index < -0.39 is 5.82 Å². The molecule has 0 unspecified atom stereocenters. The Hall–Kier alpha value is -3.26. The van der Waals surface area contributed by atoms with Crippen LogP contribution in [0.4, 0.5) is 21.8 Å². The number of halogens is 1. The maximum absolute atomic E-state index is 14.0. The first-order chi connectivity index (χ1) is 14.0. The second-order valence-corrected chi connectivity index (χ2v) is 6.86. The molecule has 0 fully saturated rings. The molecule has 3 N–H and O–H groups in total. The summed E-state index contributed by atoms with van der Waals surface area (Å²) in [4.78, 5) is 13.2. The third-order valence-corrected chi connectivity index (χ3v) is 4.42. The van der Waals surface area contributed by atoms with Gasteiger partial charge in [-0.15, -0.1) is 0 Å². The van der Waals surface area contributed by atoms with Gasteiger partial charge in [-0.3, -0.25) is 4.98 Å². The number of nitrogens with zero attached hydrogens (tertiary/aromatic N) is 3. The van der Waals surface area contributed by atoms with Crippen LogP contribution < -0.4 is 15.4 Å². The van der Waals surface area contributed by atoms with Crippen molar-refractivity contribution < 1.29 is 14.2 Å². The molecule has 2 heterocycles. The fourth-order valence-corrected chi connectivity index (χ4v) is 2.72. The zero-order chi connectivity index (χ0) is 20.8. The highest BCUT2D eigenvalue weighted by atomic mass is 19.1. The molecule has 0 spiro atoms. The third kappa shape index (κ3) is 5.17. The standard InChI is InChI=1S/C21H24FN5O2/c1-13(2)18(12-28)26-21-25-17(14-5-4-8-23-11-14)10-20(27-21)24-15-6-7-19(29-3)16(22)9-15/h4-11,13,18,28H,12H2,1-3H3,(H2,24,25,26,27)/t18-/m1/s1. The Kier molecular flexibility index (Phi) is 6.56. The molecule has 29 heavy (non-hydrogen) atoms. The highest BCUT2D eigenvalue weighted by molar-refractivity contribution is 5.67. The molecule has 7 nitrogen and oxygen atoms in total. The van der Waals surface area contributed by atoms with Gasteiger partial charge in [0.1, 0.15) is 5.82 Å². The number of pyridine rings is 1. The highest BCUT2D eigenvalue weighted by Gasteiger charge is 2.15. The number of aromatic nitrogens is 3. The summed E-state index contributed by atoms with van der Waals surface area (Å²) in [6.45, 7) is 3.95. The molecule has 8 heteroatoms. The number of methoxy groups -OCH3 is 1. The first-order valence-corrected chi connectivity index (χ1v) is 9.27. The number of anilines is 3. The predicted octanol–water partition coefficient (Wildman–Crippen LogP) is 3.86. The molecule has 0 saturated carbocycles. The quantitative estimate of drug-likeness (QED) is 0.531. The summed E-state index contributed by atoms with van der Waals surface area (Å²) in [6.07, 6.45) is 3.39. The fraction of sp³-hybridized carbons (Fsp3) is 0.286. The lowest BCUT2D eigenvalue weighted by Gasteiger charge is -2.20. The van der Waals surface area contributed by atoms with Crippen molar-refractivity contribution in [3.63, 3.8) is 0 Å². The van der Waals surface area contributed by atoms with Crippen LogP contribution in [0.15, 0.2) is 48.8 Å². The third-order valence-electron chi connectivity index (χ3n) is 4.42. The summed E-state index contributed by atoms with van der Waals surface area (Å²) in [6, 6.07) is 9.84. The SMILES string of the molecule is COc1ccc(Nc2cc(-c3cccnc3)nc(N[C@H](CO)C(C)C)n2)cc1F. The predicted molar refractivity (Wildman–Crippen MR) is 111 cm³/mol. The molecule has 0 aliphatic heterocycles. The molecule has 0 saturated heterocycles. The fourth-order valence-electron chi connectivity index (χ4n) is 2.72. The minimum Gasteiger partial charge on any atom is -0.494 e. The van der Waals surface area contributed by atoms with E-state index in [-0.39, 0.29) is 24.3 Å². The number of hydrogen-bond acceptors (Lipinski definition) is 7. The number of aliphatic hydroxyl groups excluding tert-OH is 1. The Labute approximate surface area is 169 Å². The Balaban J connectivity index is 1.96. The topological polar surface area (TPSA) is 92.2 Å². The van der Waals surface area contributed by atoms with Crippen molar-refractivity contribution in [2.24, 2.45) is 5.92 Å². The molecule has 0 radical (unpaired) electrons. The maximum Gasteiger partial charge on any atom is 0.225 e. The van der Waals surface area contributed by atoms with Crippen molar-refractivity contribution in [3.05, 3.63) is 54.6 Å². The van der Waals surface area contributed by atoms with Crippen molar-refractivity contribution >= 4 is 17.5 Å². The molecule has 0 aliphatic rings. The van der Waals surface area contributed by atoms with Gasteiger partial charge in [-0.25, -0.2) is 9.37 Å². The van der Waals surface area contributed by atoms with E-state index in [1.807, 2.05) is 26.0 Å². The average Bonchev–Trinajstić information content (AvgIpc) is 2.72. The highest BCUT2D eigenvalue weighted by Crippen LogP contribution is 2.26. The minimum absolute atomic E-state index is 0.0510. The Morgan fingerprint density at radius 2 is 2.00 bits per heavy atom. The van der Waals surface area contributed by atoms with E-state index in [2.05, 4.69) is 25.6 Å². The molecule has 0 aliphatic carbocycles.